The van der Waals surface area contributed by atoms with Crippen molar-refractivity contribution < 1.29 is 4.74 Å². The highest BCUT2D eigenvalue weighted by molar-refractivity contribution is 4.91. The summed E-state index contributed by atoms with van der Waals surface area (Å²) in [6.07, 6.45) is 3.62. The molecule has 0 aromatic heterocycles. The van der Waals surface area contributed by atoms with Gasteiger partial charge in [0.05, 0.1) is 6.61 Å². The normalized spacial score (nSPS) is 34.6. The zero-order chi connectivity index (χ0) is 13.7. The van der Waals surface area contributed by atoms with Crippen molar-refractivity contribution in [2.24, 2.45) is 0 Å². The maximum atomic E-state index is 5.75. The van der Waals surface area contributed by atoms with Crippen LogP contribution in [0.5, 0.6) is 0 Å². The van der Waals surface area contributed by atoms with E-state index in [0.29, 0.717) is 18.1 Å². The number of likely N-dealkylation sites (N-methyl/N-ethyl adjacent to an activating group) is 1. The van der Waals surface area contributed by atoms with E-state index in [1.807, 2.05) is 0 Å². The standard InChI is InChI=1S/C15H31N3O/c1-4-7-16-14-6-10-19-12-15(14)18-9-8-17(3)13(5-2)11-18/h13-16H,4-12H2,1-3H3. The molecule has 2 fully saturated rings. The molecule has 3 atom stereocenters. The molecule has 0 aromatic carbocycles. The fraction of sp³-hybridized carbons (Fsp3) is 1.00. The molecule has 19 heavy (non-hydrogen) atoms. The van der Waals surface area contributed by atoms with Crippen LogP contribution < -0.4 is 5.32 Å². The van der Waals surface area contributed by atoms with Crippen LogP contribution in [0.3, 0.4) is 0 Å². The van der Waals surface area contributed by atoms with Crippen LogP contribution in [-0.4, -0.2) is 74.4 Å². The average molecular weight is 269 g/mol. The number of piperazine rings is 1. The minimum absolute atomic E-state index is 0.572. The van der Waals surface area contributed by atoms with Crippen LogP contribution in [0, 0.1) is 0 Å². The van der Waals surface area contributed by atoms with Gasteiger partial charge in [-0.1, -0.05) is 13.8 Å². The number of hydrogen-bond acceptors (Lipinski definition) is 4. The van der Waals surface area contributed by atoms with Gasteiger partial charge in [-0.05, 0) is 32.9 Å². The number of nitrogens with one attached hydrogen (secondary N) is 1. The van der Waals surface area contributed by atoms with Gasteiger partial charge in [-0.25, -0.2) is 0 Å². The number of rotatable bonds is 5. The molecule has 0 aromatic rings. The fourth-order valence-corrected chi connectivity index (χ4v) is 3.36. The quantitative estimate of drug-likeness (QED) is 0.811. The van der Waals surface area contributed by atoms with E-state index >= 15 is 0 Å². The SMILES string of the molecule is CCCNC1CCOCC1N1CCN(C)C(CC)C1. The van der Waals surface area contributed by atoms with Crippen molar-refractivity contribution in [3.05, 3.63) is 0 Å². The van der Waals surface area contributed by atoms with E-state index in [-0.39, 0.29) is 0 Å². The lowest BCUT2D eigenvalue weighted by Crippen LogP contribution is -2.61. The second-order valence-corrected chi connectivity index (χ2v) is 6.03. The van der Waals surface area contributed by atoms with Gasteiger partial charge in [0, 0.05) is 44.4 Å². The summed E-state index contributed by atoms with van der Waals surface area (Å²) < 4.78 is 5.75. The summed E-state index contributed by atoms with van der Waals surface area (Å²) in [6, 6.07) is 1.90. The Morgan fingerprint density at radius 1 is 1.26 bits per heavy atom. The predicted molar refractivity (Wildman–Crippen MR) is 79.6 cm³/mol. The van der Waals surface area contributed by atoms with Gasteiger partial charge in [-0.15, -0.1) is 0 Å². The summed E-state index contributed by atoms with van der Waals surface area (Å²) in [5.74, 6) is 0. The van der Waals surface area contributed by atoms with Gasteiger partial charge in [0.25, 0.3) is 0 Å². The molecule has 2 aliphatic rings. The first-order chi connectivity index (χ1) is 9.26. The third kappa shape index (κ3) is 3.91. The van der Waals surface area contributed by atoms with Crippen LogP contribution in [0.25, 0.3) is 0 Å². The molecular weight excluding hydrogens is 238 g/mol. The molecule has 2 saturated heterocycles. The first kappa shape index (κ1) is 15.2. The molecule has 0 bridgehead atoms. The average Bonchev–Trinajstić information content (AvgIpc) is 2.46. The van der Waals surface area contributed by atoms with Crippen molar-refractivity contribution >= 4 is 0 Å². The monoisotopic (exact) mass is 269 g/mol. The molecule has 4 heteroatoms. The molecule has 1 N–H and O–H groups in total. The lowest BCUT2D eigenvalue weighted by atomic mass is 9.99. The van der Waals surface area contributed by atoms with E-state index in [1.54, 1.807) is 0 Å². The van der Waals surface area contributed by atoms with Gasteiger partial charge in [0.1, 0.15) is 0 Å². The minimum atomic E-state index is 0.572. The van der Waals surface area contributed by atoms with Gasteiger partial charge in [-0.3, -0.25) is 4.90 Å². The molecule has 0 aliphatic carbocycles. The highest BCUT2D eigenvalue weighted by Gasteiger charge is 2.34. The van der Waals surface area contributed by atoms with E-state index in [1.165, 1.54) is 32.5 Å². The van der Waals surface area contributed by atoms with Crippen LogP contribution >= 0.6 is 0 Å². The summed E-state index contributed by atoms with van der Waals surface area (Å²) >= 11 is 0. The second-order valence-electron chi connectivity index (χ2n) is 6.03. The Labute approximate surface area is 118 Å². The lowest BCUT2D eigenvalue weighted by Gasteiger charge is -2.46. The first-order valence-corrected chi connectivity index (χ1v) is 8.01. The highest BCUT2D eigenvalue weighted by atomic mass is 16.5. The number of hydrogen-bond donors (Lipinski definition) is 1. The van der Waals surface area contributed by atoms with Crippen molar-refractivity contribution in [2.75, 3.05) is 46.4 Å². The zero-order valence-corrected chi connectivity index (χ0v) is 12.9. The van der Waals surface area contributed by atoms with Gasteiger partial charge in [0.15, 0.2) is 0 Å². The largest absolute Gasteiger partial charge is 0.380 e. The van der Waals surface area contributed by atoms with Crippen molar-refractivity contribution in [3.8, 4) is 0 Å². The van der Waals surface area contributed by atoms with Crippen LogP contribution in [0.1, 0.15) is 33.1 Å². The number of nitrogens with zero attached hydrogens (tertiary/aromatic N) is 2. The first-order valence-electron chi connectivity index (χ1n) is 8.01. The summed E-state index contributed by atoms with van der Waals surface area (Å²) in [5.41, 5.74) is 0. The summed E-state index contributed by atoms with van der Waals surface area (Å²) in [7, 11) is 2.26. The smallest absolute Gasteiger partial charge is 0.0637 e. The Balaban J connectivity index is 1.93. The van der Waals surface area contributed by atoms with E-state index in [2.05, 4.69) is 36.0 Å². The maximum absolute atomic E-state index is 5.75. The van der Waals surface area contributed by atoms with E-state index < -0.39 is 0 Å². The highest BCUT2D eigenvalue weighted by Crippen LogP contribution is 2.19. The topological polar surface area (TPSA) is 27.7 Å². The van der Waals surface area contributed by atoms with Gasteiger partial charge < -0.3 is 15.0 Å². The summed E-state index contributed by atoms with van der Waals surface area (Å²) in [4.78, 5) is 5.18. The maximum Gasteiger partial charge on any atom is 0.0637 e. The van der Waals surface area contributed by atoms with Crippen molar-refractivity contribution in [3.63, 3.8) is 0 Å². The third-order valence-electron chi connectivity index (χ3n) is 4.73. The molecule has 3 unspecified atom stereocenters. The van der Waals surface area contributed by atoms with Crippen LogP contribution in [-0.2, 0) is 4.74 Å². The Kier molecular flexibility index (Phi) is 6.07. The lowest BCUT2D eigenvalue weighted by molar-refractivity contribution is -0.0301. The predicted octanol–water partition coefficient (Wildman–Crippen LogP) is 1.17. The summed E-state index contributed by atoms with van der Waals surface area (Å²) in [5, 5.41) is 3.73. The molecule has 2 rings (SSSR count). The second kappa shape index (κ2) is 7.58. The van der Waals surface area contributed by atoms with Gasteiger partial charge in [-0.2, -0.15) is 0 Å². The van der Waals surface area contributed by atoms with Gasteiger partial charge >= 0.3 is 0 Å². The molecule has 0 amide bonds. The van der Waals surface area contributed by atoms with Crippen LogP contribution in [0.15, 0.2) is 0 Å². The zero-order valence-electron chi connectivity index (χ0n) is 12.9. The third-order valence-corrected chi connectivity index (χ3v) is 4.73. The van der Waals surface area contributed by atoms with Crippen LogP contribution in [0.4, 0.5) is 0 Å². The number of ether oxygens (including phenoxy) is 1. The molecule has 0 spiro atoms. The van der Waals surface area contributed by atoms with Crippen molar-refractivity contribution in [1.29, 1.82) is 0 Å². The van der Waals surface area contributed by atoms with Crippen LogP contribution in [0.2, 0.25) is 0 Å². The summed E-state index contributed by atoms with van der Waals surface area (Å²) in [6.45, 7) is 11.1. The van der Waals surface area contributed by atoms with Crippen molar-refractivity contribution in [1.82, 2.24) is 15.1 Å². The molecular formula is C15H31N3O. The Hall–Kier alpha value is -0.160. The van der Waals surface area contributed by atoms with E-state index in [0.717, 1.165) is 26.2 Å². The molecule has 0 radical (unpaired) electrons. The Morgan fingerprint density at radius 2 is 2.11 bits per heavy atom. The molecule has 2 aliphatic heterocycles. The van der Waals surface area contributed by atoms with Gasteiger partial charge in [0.2, 0.25) is 0 Å². The van der Waals surface area contributed by atoms with Crippen molar-refractivity contribution in [2.45, 2.75) is 51.2 Å². The molecule has 112 valence electrons. The van der Waals surface area contributed by atoms with E-state index in [9.17, 15) is 0 Å². The minimum Gasteiger partial charge on any atom is -0.380 e. The Morgan fingerprint density at radius 3 is 2.84 bits per heavy atom. The fourth-order valence-electron chi connectivity index (χ4n) is 3.36. The molecule has 4 nitrogen and oxygen atoms in total. The molecule has 2 heterocycles. The Bertz CT molecular complexity index is 262. The van der Waals surface area contributed by atoms with E-state index in [4.69, 9.17) is 4.74 Å². The molecule has 0 saturated carbocycles.